The van der Waals surface area contributed by atoms with Gasteiger partial charge in [0.25, 0.3) is 5.91 Å². The van der Waals surface area contributed by atoms with Gasteiger partial charge in [-0.2, -0.15) is 0 Å². The van der Waals surface area contributed by atoms with Gasteiger partial charge >= 0.3 is 0 Å². The molecule has 2 amide bonds. The van der Waals surface area contributed by atoms with Gasteiger partial charge in [-0.05, 0) is 37.5 Å². The molecule has 6 nitrogen and oxygen atoms in total. The number of carbonyl (C=O) groups excluding carboxylic acids is 2. The minimum absolute atomic E-state index is 0. The Bertz CT molecular complexity index is 584. The molecule has 1 aliphatic heterocycles. The zero-order valence-electron chi connectivity index (χ0n) is 13.1. The Balaban J connectivity index is 0.00000192. The number of nitrogens with one attached hydrogen (secondary N) is 3. The second-order valence-corrected chi connectivity index (χ2v) is 5.85. The second kappa shape index (κ2) is 7.77. The number of carbonyl (C=O) groups is 2. The van der Waals surface area contributed by atoms with E-state index in [4.69, 9.17) is 4.74 Å². The van der Waals surface area contributed by atoms with E-state index in [9.17, 15) is 9.59 Å². The Hall–Kier alpha value is -1.63. The monoisotopic (exact) mass is 339 g/mol. The number of benzene rings is 1. The summed E-state index contributed by atoms with van der Waals surface area (Å²) in [6, 6.07) is 5.33. The van der Waals surface area contributed by atoms with Crippen molar-refractivity contribution in [1.29, 1.82) is 0 Å². The molecule has 0 radical (unpaired) electrons. The zero-order chi connectivity index (χ0) is 15.5. The molecular formula is C16H22ClN3O3. The van der Waals surface area contributed by atoms with Crippen molar-refractivity contribution in [3.05, 3.63) is 29.3 Å². The fourth-order valence-corrected chi connectivity index (χ4v) is 2.35. The molecule has 0 spiro atoms. The first-order chi connectivity index (χ1) is 10.6. The van der Waals surface area contributed by atoms with E-state index in [1.54, 1.807) is 12.1 Å². The van der Waals surface area contributed by atoms with E-state index in [1.807, 2.05) is 13.0 Å². The maximum atomic E-state index is 12.2. The number of hydrogen-bond acceptors (Lipinski definition) is 4. The summed E-state index contributed by atoms with van der Waals surface area (Å²) in [5, 5.41) is 8.95. The van der Waals surface area contributed by atoms with Crippen LogP contribution in [0.1, 0.15) is 28.8 Å². The number of aryl methyl sites for hydroxylation is 1. The number of halogens is 1. The van der Waals surface area contributed by atoms with E-state index in [-0.39, 0.29) is 30.3 Å². The zero-order valence-corrected chi connectivity index (χ0v) is 13.9. The van der Waals surface area contributed by atoms with Crippen molar-refractivity contribution >= 4 is 29.9 Å². The molecule has 3 rings (SSSR count). The van der Waals surface area contributed by atoms with E-state index in [0.29, 0.717) is 37.1 Å². The van der Waals surface area contributed by atoms with Crippen LogP contribution in [0.4, 0.5) is 5.69 Å². The van der Waals surface area contributed by atoms with Crippen molar-refractivity contribution in [1.82, 2.24) is 10.6 Å². The Kier molecular flexibility index (Phi) is 5.98. The molecule has 1 saturated heterocycles. The van der Waals surface area contributed by atoms with Gasteiger partial charge in [-0.3, -0.25) is 9.59 Å². The molecule has 7 heteroatoms. The van der Waals surface area contributed by atoms with Crippen LogP contribution in [-0.4, -0.2) is 43.7 Å². The van der Waals surface area contributed by atoms with Crippen LogP contribution in [0.5, 0.6) is 0 Å². The standard InChI is InChI=1S/C16H21N3O3.ClH/c1-10-2-3-11(15(20)18-12-4-5-12)8-13(10)19-16(21)14-9-22-7-6-17-14;/h2-3,8,12,14,17H,4-7,9H2,1H3,(H,18,20)(H,19,21);1H. The highest BCUT2D eigenvalue weighted by Gasteiger charge is 2.25. The normalized spacial score (nSPS) is 20.3. The number of anilines is 1. The van der Waals surface area contributed by atoms with Crippen LogP contribution in [0.3, 0.4) is 0 Å². The highest BCUT2D eigenvalue weighted by Crippen LogP contribution is 2.21. The fraction of sp³-hybridized carbons (Fsp3) is 0.500. The van der Waals surface area contributed by atoms with Crippen molar-refractivity contribution in [2.45, 2.75) is 31.8 Å². The first-order valence-electron chi connectivity index (χ1n) is 7.67. The van der Waals surface area contributed by atoms with E-state index < -0.39 is 0 Å². The summed E-state index contributed by atoms with van der Waals surface area (Å²) < 4.78 is 5.30. The van der Waals surface area contributed by atoms with Crippen molar-refractivity contribution in [2.24, 2.45) is 0 Å². The van der Waals surface area contributed by atoms with Gasteiger partial charge in [0.15, 0.2) is 0 Å². The molecule has 0 bridgehead atoms. The molecule has 1 saturated carbocycles. The molecule has 126 valence electrons. The van der Waals surface area contributed by atoms with Crippen LogP contribution in [0, 0.1) is 6.92 Å². The minimum Gasteiger partial charge on any atom is -0.378 e. The van der Waals surface area contributed by atoms with Gasteiger partial charge in [-0.15, -0.1) is 12.4 Å². The predicted molar refractivity (Wildman–Crippen MR) is 90.2 cm³/mol. The van der Waals surface area contributed by atoms with Crippen LogP contribution in [0.15, 0.2) is 18.2 Å². The van der Waals surface area contributed by atoms with Gasteiger partial charge in [0.1, 0.15) is 6.04 Å². The van der Waals surface area contributed by atoms with E-state index in [1.165, 1.54) is 0 Å². The summed E-state index contributed by atoms with van der Waals surface area (Å²) in [6.45, 7) is 3.57. The van der Waals surface area contributed by atoms with Gasteiger partial charge in [0, 0.05) is 23.8 Å². The van der Waals surface area contributed by atoms with Gasteiger partial charge < -0.3 is 20.7 Å². The summed E-state index contributed by atoms with van der Waals surface area (Å²) in [4.78, 5) is 24.3. The second-order valence-electron chi connectivity index (χ2n) is 5.85. The molecule has 1 atom stereocenters. The average Bonchev–Trinajstić information content (AvgIpc) is 3.34. The summed E-state index contributed by atoms with van der Waals surface area (Å²) in [6.07, 6.45) is 2.10. The Morgan fingerprint density at radius 1 is 1.30 bits per heavy atom. The smallest absolute Gasteiger partial charge is 0.251 e. The average molecular weight is 340 g/mol. The first kappa shape index (κ1) is 17.7. The molecular weight excluding hydrogens is 318 g/mol. The lowest BCUT2D eigenvalue weighted by Crippen LogP contribution is -2.48. The van der Waals surface area contributed by atoms with Gasteiger partial charge in [0.05, 0.1) is 13.2 Å². The number of hydrogen-bond donors (Lipinski definition) is 3. The third-order valence-electron chi connectivity index (χ3n) is 3.91. The summed E-state index contributed by atoms with van der Waals surface area (Å²) in [5.41, 5.74) is 2.16. The van der Waals surface area contributed by atoms with Crippen LogP contribution in [0.25, 0.3) is 0 Å². The lowest BCUT2D eigenvalue weighted by molar-refractivity contribution is -0.120. The van der Waals surface area contributed by atoms with Crippen LogP contribution in [0.2, 0.25) is 0 Å². The third kappa shape index (κ3) is 4.67. The largest absolute Gasteiger partial charge is 0.378 e. The van der Waals surface area contributed by atoms with E-state index >= 15 is 0 Å². The molecule has 1 aromatic carbocycles. The Labute approximate surface area is 141 Å². The molecule has 1 heterocycles. The summed E-state index contributed by atoms with van der Waals surface area (Å²) in [7, 11) is 0. The maximum Gasteiger partial charge on any atom is 0.251 e. The Morgan fingerprint density at radius 2 is 2.09 bits per heavy atom. The quantitative estimate of drug-likeness (QED) is 0.771. The maximum absolute atomic E-state index is 12.2. The number of ether oxygens (including phenoxy) is 1. The van der Waals surface area contributed by atoms with Crippen molar-refractivity contribution in [3.8, 4) is 0 Å². The summed E-state index contributed by atoms with van der Waals surface area (Å²) in [5.74, 6) is -0.223. The molecule has 1 aliphatic carbocycles. The van der Waals surface area contributed by atoms with E-state index in [2.05, 4.69) is 16.0 Å². The van der Waals surface area contributed by atoms with Crippen molar-refractivity contribution in [3.63, 3.8) is 0 Å². The SMILES string of the molecule is Cc1ccc(C(=O)NC2CC2)cc1NC(=O)C1COCCN1.Cl. The highest BCUT2D eigenvalue weighted by atomic mass is 35.5. The van der Waals surface area contributed by atoms with Crippen LogP contribution >= 0.6 is 12.4 Å². The van der Waals surface area contributed by atoms with Crippen LogP contribution in [-0.2, 0) is 9.53 Å². The lowest BCUT2D eigenvalue weighted by Gasteiger charge is -2.23. The highest BCUT2D eigenvalue weighted by molar-refractivity contribution is 5.99. The van der Waals surface area contributed by atoms with Crippen LogP contribution < -0.4 is 16.0 Å². The van der Waals surface area contributed by atoms with Gasteiger partial charge in [0.2, 0.25) is 5.91 Å². The minimum atomic E-state index is -0.350. The molecule has 1 aromatic rings. The number of morpholine rings is 1. The van der Waals surface area contributed by atoms with Gasteiger partial charge in [-0.25, -0.2) is 0 Å². The third-order valence-corrected chi connectivity index (χ3v) is 3.91. The summed E-state index contributed by atoms with van der Waals surface area (Å²) >= 11 is 0. The molecule has 23 heavy (non-hydrogen) atoms. The van der Waals surface area contributed by atoms with Gasteiger partial charge in [-0.1, -0.05) is 6.07 Å². The molecule has 3 N–H and O–H groups in total. The number of rotatable bonds is 4. The Morgan fingerprint density at radius 3 is 2.74 bits per heavy atom. The first-order valence-corrected chi connectivity index (χ1v) is 7.67. The molecule has 2 aliphatic rings. The lowest BCUT2D eigenvalue weighted by atomic mass is 10.1. The number of amides is 2. The van der Waals surface area contributed by atoms with Crippen molar-refractivity contribution < 1.29 is 14.3 Å². The molecule has 1 unspecified atom stereocenters. The predicted octanol–water partition coefficient (Wildman–Crippen LogP) is 1.24. The van der Waals surface area contributed by atoms with Crippen molar-refractivity contribution in [2.75, 3.05) is 25.1 Å². The van der Waals surface area contributed by atoms with E-state index in [0.717, 1.165) is 18.4 Å². The topological polar surface area (TPSA) is 79.5 Å². The molecule has 2 fully saturated rings. The fourth-order valence-electron chi connectivity index (χ4n) is 2.35. The molecule has 0 aromatic heterocycles.